The highest BCUT2D eigenvalue weighted by atomic mass is 35.5. The number of esters is 1. The van der Waals surface area contributed by atoms with Crippen LogP contribution in [-0.2, 0) is 9.53 Å². The first-order valence-electron chi connectivity index (χ1n) is 6.61. The van der Waals surface area contributed by atoms with Gasteiger partial charge in [-0.2, -0.15) is 0 Å². The Balaban J connectivity index is 3.33. The van der Waals surface area contributed by atoms with E-state index in [0.717, 1.165) is 12.8 Å². The van der Waals surface area contributed by atoms with Crippen LogP contribution in [0, 0.1) is 0 Å². The number of ether oxygens (including phenoxy) is 1. The van der Waals surface area contributed by atoms with Crippen LogP contribution in [-0.4, -0.2) is 32.1 Å². The highest BCUT2D eigenvalue weighted by Gasteiger charge is 2.22. The molecule has 0 aliphatic rings. The van der Waals surface area contributed by atoms with Crippen LogP contribution in [0.15, 0.2) is 12.1 Å². The van der Waals surface area contributed by atoms with E-state index in [2.05, 4.69) is 0 Å². The molecule has 0 radical (unpaired) electrons. The average molecular weight is 314 g/mol. The molecule has 0 saturated heterocycles. The molecule has 21 heavy (non-hydrogen) atoms. The van der Waals surface area contributed by atoms with Crippen LogP contribution in [0.4, 0.5) is 11.4 Å². The van der Waals surface area contributed by atoms with Crippen molar-refractivity contribution in [2.75, 3.05) is 30.8 Å². The molecule has 0 aliphatic heterocycles. The number of nitrogens with zero attached hydrogens (tertiary/aromatic N) is 1. The lowest BCUT2D eigenvalue weighted by atomic mass is 10.1. The molecule has 6 nitrogen and oxygen atoms in total. The number of halogens is 1. The van der Waals surface area contributed by atoms with Crippen molar-refractivity contribution in [2.24, 2.45) is 5.73 Å². The zero-order valence-electron chi connectivity index (χ0n) is 12.2. The summed E-state index contributed by atoms with van der Waals surface area (Å²) in [6.07, 6.45) is 1.75. The summed E-state index contributed by atoms with van der Waals surface area (Å²) in [7, 11) is 1.27. The Hall–Kier alpha value is -1.95. The lowest BCUT2D eigenvalue weighted by Crippen LogP contribution is -2.35. The molecule has 7 heteroatoms. The summed E-state index contributed by atoms with van der Waals surface area (Å²) in [5.41, 5.74) is 12.0. The van der Waals surface area contributed by atoms with Crippen molar-refractivity contribution >= 4 is 34.9 Å². The van der Waals surface area contributed by atoms with Crippen LogP contribution in [0.1, 0.15) is 30.1 Å². The Morgan fingerprint density at radius 2 is 2.05 bits per heavy atom. The maximum absolute atomic E-state index is 11.9. The van der Waals surface area contributed by atoms with Gasteiger partial charge in [0.25, 0.3) is 0 Å². The highest BCUT2D eigenvalue weighted by Crippen LogP contribution is 2.33. The summed E-state index contributed by atoms with van der Waals surface area (Å²) in [4.78, 5) is 24.9. The Labute approximate surface area is 129 Å². The van der Waals surface area contributed by atoms with E-state index in [0.29, 0.717) is 17.9 Å². The van der Waals surface area contributed by atoms with Gasteiger partial charge < -0.3 is 21.1 Å². The summed E-state index contributed by atoms with van der Waals surface area (Å²) in [6, 6.07) is 3.01. The van der Waals surface area contributed by atoms with E-state index in [1.807, 2.05) is 6.92 Å². The molecule has 116 valence electrons. The van der Waals surface area contributed by atoms with Gasteiger partial charge in [-0.05, 0) is 18.6 Å². The van der Waals surface area contributed by atoms with Crippen LogP contribution in [0.25, 0.3) is 0 Å². The second kappa shape index (κ2) is 7.73. The van der Waals surface area contributed by atoms with Gasteiger partial charge in [-0.1, -0.05) is 24.9 Å². The Kier molecular flexibility index (Phi) is 6.30. The monoisotopic (exact) mass is 313 g/mol. The molecule has 0 aromatic heterocycles. The smallest absolute Gasteiger partial charge is 0.340 e. The molecule has 0 unspecified atom stereocenters. The lowest BCUT2D eigenvalue weighted by Gasteiger charge is -2.26. The molecule has 4 N–H and O–H groups in total. The minimum Gasteiger partial charge on any atom is -0.465 e. The van der Waals surface area contributed by atoms with Crippen LogP contribution in [0.2, 0.25) is 5.02 Å². The van der Waals surface area contributed by atoms with E-state index in [9.17, 15) is 9.59 Å². The summed E-state index contributed by atoms with van der Waals surface area (Å²) >= 11 is 6.21. The fourth-order valence-electron chi connectivity index (χ4n) is 2.01. The molecule has 0 atom stereocenters. The number of carbonyl (C=O) groups is 2. The molecular weight excluding hydrogens is 294 g/mol. The molecule has 0 heterocycles. The standard InChI is InChI=1S/C14H20ClN3O3/c1-3-4-5-18(8-12(17)19)13-10(14(20)21-2)6-9(16)7-11(13)15/h6-7H,3-5,8,16H2,1-2H3,(H2,17,19). The first kappa shape index (κ1) is 17.1. The normalized spacial score (nSPS) is 10.2. The van der Waals surface area contributed by atoms with Gasteiger partial charge in [-0.25, -0.2) is 4.79 Å². The average Bonchev–Trinajstić information content (AvgIpc) is 2.41. The van der Waals surface area contributed by atoms with Gasteiger partial charge in [0, 0.05) is 12.2 Å². The number of carbonyl (C=O) groups excluding carboxylic acids is 2. The largest absolute Gasteiger partial charge is 0.465 e. The van der Waals surface area contributed by atoms with Crippen molar-refractivity contribution in [1.29, 1.82) is 0 Å². The van der Waals surface area contributed by atoms with Gasteiger partial charge in [0.1, 0.15) is 0 Å². The Morgan fingerprint density at radius 3 is 2.57 bits per heavy atom. The summed E-state index contributed by atoms with van der Waals surface area (Å²) in [5, 5.41) is 0.285. The predicted molar refractivity (Wildman–Crippen MR) is 83.5 cm³/mol. The zero-order valence-corrected chi connectivity index (χ0v) is 12.9. The van der Waals surface area contributed by atoms with E-state index < -0.39 is 11.9 Å². The van der Waals surface area contributed by atoms with Crippen molar-refractivity contribution in [1.82, 2.24) is 0 Å². The van der Waals surface area contributed by atoms with Crippen molar-refractivity contribution in [3.05, 3.63) is 22.7 Å². The molecule has 0 bridgehead atoms. The van der Waals surface area contributed by atoms with E-state index in [1.54, 1.807) is 4.90 Å². The molecule has 0 saturated carbocycles. The molecular formula is C14H20ClN3O3. The van der Waals surface area contributed by atoms with E-state index in [1.165, 1.54) is 19.2 Å². The Bertz CT molecular complexity index is 534. The summed E-state index contributed by atoms with van der Waals surface area (Å²) < 4.78 is 4.75. The minimum atomic E-state index is -0.565. The van der Waals surface area contributed by atoms with Crippen LogP contribution < -0.4 is 16.4 Å². The number of anilines is 2. The topological polar surface area (TPSA) is 98.6 Å². The zero-order chi connectivity index (χ0) is 16.0. The molecule has 1 amide bonds. The van der Waals surface area contributed by atoms with E-state index in [-0.39, 0.29) is 17.1 Å². The predicted octanol–water partition coefficient (Wildman–Crippen LogP) is 1.80. The quantitative estimate of drug-likeness (QED) is 0.590. The minimum absolute atomic E-state index is 0.0341. The first-order valence-corrected chi connectivity index (χ1v) is 6.99. The number of nitrogen functional groups attached to an aromatic ring is 1. The van der Waals surface area contributed by atoms with E-state index in [4.69, 9.17) is 27.8 Å². The van der Waals surface area contributed by atoms with Crippen LogP contribution in [0.3, 0.4) is 0 Å². The number of hydrogen-bond donors (Lipinski definition) is 2. The van der Waals surface area contributed by atoms with Gasteiger partial charge in [-0.15, -0.1) is 0 Å². The fourth-order valence-corrected chi connectivity index (χ4v) is 2.36. The summed E-state index contributed by atoms with van der Waals surface area (Å²) in [5.74, 6) is -1.07. The second-order valence-corrected chi connectivity index (χ2v) is 5.04. The van der Waals surface area contributed by atoms with Crippen molar-refractivity contribution in [2.45, 2.75) is 19.8 Å². The van der Waals surface area contributed by atoms with Gasteiger partial charge in [-0.3, -0.25) is 4.79 Å². The van der Waals surface area contributed by atoms with Crippen LogP contribution >= 0.6 is 11.6 Å². The molecule has 0 spiro atoms. The molecule has 1 rings (SSSR count). The highest BCUT2D eigenvalue weighted by molar-refractivity contribution is 6.34. The van der Waals surface area contributed by atoms with Gasteiger partial charge in [0.15, 0.2) is 0 Å². The number of primary amides is 1. The van der Waals surface area contributed by atoms with Crippen molar-refractivity contribution in [3.8, 4) is 0 Å². The Morgan fingerprint density at radius 1 is 1.38 bits per heavy atom. The number of methoxy groups -OCH3 is 1. The molecule has 0 fully saturated rings. The SMILES string of the molecule is CCCCN(CC(N)=O)c1c(Cl)cc(N)cc1C(=O)OC. The van der Waals surface area contributed by atoms with Crippen molar-refractivity contribution < 1.29 is 14.3 Å². The number of amides is 1. The second-order valence-electron chi connectivity index (χ2n) is 4.63. The van der Waals surface area contributed by atoms with E-state index >= 15 is 0 Å². The molecule has 1 aromatic carbocycles. The number of benzene rings is 1. The van der Waals surface area contributed by atoms with Gasteiger partial charge in [0.2, 0.25) is 5.91 Å². The van der Waals surface area contributed by atoms with Crippen molar-refractivity contribution in [3.63, 3.8) is 0 Å². The summed E-state index contributed by atoms with van der Waals surface area (Å²) in [6.45, 7) is 2.54. The fraction of sp³-hybridized carbons (Fsp3) is 0.429. The number of nitrogens with two attached hydrogens (primary N) is 2. The third-order valence-electron chi connectivity index (χ3n) is 2.94. The maximum Gasteiger partial charge on any atom is 0.340 e. The third kappa shape index (κ3) is 4.53. The maximum atomic E-state index is 11.9. The van der Waals surface area contributed by atoms with Gasteiger partial charge >= 0.3 is 5.97 Å². The molecule has 0 aliphatic carbocycles. The van der Waals surface area contributed by atoms with Gasteiger partial charge in [0.05, 0.1) is 29.9 Å². The molecule has 1 aromatic rings. The lowest BCUT2D eigenvalue weighted by molar-refractivity contribution is -0.116. The number of unbranched alkanes of at least 4 members (excludes halogenated alkanes) is 1. The third-order valence-corrected chi connectivity index (χ3v) is 3.22. The number of hydrogen-bond acceptors (Lipinski definition) is 5. The number of rotatable bonds is 7. The van der Waals surface area contributed by atoms with Crippen LogP contribution in [0.5, 0.6) is 0 Å². The first-order chi connectivity index (χ1) is 9.90.